The highest BCUT2D eigenvalue weighted by molar-refractivity contribution is 7.13. The van der Waals surface area contributed by atoms with Gasteiger partial charge in [-0.3, -0.25) is 0 Å². The maximum absolute atomic E-state index is 12.1. The minimum atomic E-state index is -0.909. The molecule has 5 nitrogen and oxygen atoms in total. The lowest BCUT2D eigenvalue weighted by molar-refractivity contribution is -0.0335. The Labute approximate surface area is 147 Å². The number of nitrogens with zero attached hydrogens (tertiary/aromatic N) is 1. The van der Waals surface area contributed by atoms with E-state index in [9.17, 15) is 9.90 Å². The lowest BCUT2D eigenvalue weighted by Gasteiger charge is -2.38. The van der Waals surface area contributed by atoms with Gasteiger partial charge in [0.05, 0.1) is 11.5 Å². The second-order valence-electron chi connectivity index (χ2n) is 7.02. The van der Waals surface area contributed by atoms with Gasteiger partial charge in [0.1, 0.15) is 17.0 Å². The highest BCUT2D eigenvalue weighted by Crippen LogP contribution is 2.38. The number of hydrogen-bond donors (Lipinski definition) is 1. The van der Waals surface area contributed by atoms with Crippen LogP contribution in [-0.4, -0.2) is 41.4 Å². The summed E-state index contributed by atoms with van der Waals surface area (Å²) in [6.07, 6.45) is 0.668. The number of rotatable bonds is 4. The maximum atomic E-state index is 12.1. The topological polar surface area (TPSA) is 59.0 Å². The van der Waals surface area contributed by atoms with E-state index in [0.717, 1.165) is 9.75 Å². The van der Waals surface area contributed by atoms with Crippen LogP contribution in [0.2, 0.25) is 0 Å². The third kappa shape index (κ3) is 4.51. The molecule has 1 aliphatic rings. The second kappa shape index (κ2) is 7.15. The molecule has 2 rings (SSSR count). The molecule has 1 amide bonds. The molecule has 0 saturated carbocycles. The average molecular weight is 353 g/mol. The number of ether oxygens (including phenoxy) is 2. The summed E-state index contributed by atoms with van der Waals surface area (Å²) < 4.78 is 10.8. The largest absolute Gasteiger partial charge is 0.493 e. The number of carbonyl (C=O) groups is 1. The van der Waals surface area contributed by atoms with Crippen LogP contribution in [0.5, 0.6) is 0 Å². The second-order valence-corrected chi connectivity index (χ2v) is 8.10. The summed E-state index contributed by atoms with van der Waals surface area (Å²) >= 11 is 1.50. The Morgan fingerprint density at radius 3 is 2.54 bits per heavy atom. The number of piperidine rings is 1. The van der Waals surface area contributed by atoms with Gasteiger partial charge in [-0.05, 0) is 52.7 Å². The van der Waals surface area contributed by atoms with Gasteiger partial charge >= 0.3 is 6.09 Å². The van der Waals surface area contributed by atoms with E-state index in [1.165, 1.54) is 11.3 Å². The van der Waals surface area contributed by atoms with E-state index in [2.05, 4.69) is 6.58 Å². The molecule has 134 valence electrons. The number of hydrogen-bond acceptors (Lipinski definition) is 5. The third-order valence-corrected chi connectivity index (χ3v) is 5.22. The lowest BCUT2D eigenvalue weighted by Crippen LogP contribution is -2.46. The Kier molecular flexibility index (Phi) is 5.60. The van der Waals surface area contributed by atoms with Crippen LogP contribution in [0.4, 0.5) is 4.79 Å². The van der Waals surface area contributed by atoms with E-state index < -0.39 is 11.2 Å². The monoisotopic (exact) mass is 353 g/mol. The Morgan fingerprint density at radius 1 is 1.38 bits per heavy atom. The molecule has 0 spiro atoms. The van der Waals surface area contributed by atoms with Gasteiger partial charge in [-0.25, -0.2) is 4.79 Å². The van der Waals surface area contributed by atoms with Gasteiger partial charge < -0.3 is 19.5 Å². The minimum Gasteiger partial charge on any atom is -0.493 e. The summed E-state index contributed by atoms with van der Waals surface area (Å²) in [6.45, 7) is 12.9. The first-order chi connectivity index (χ1) is 11.1. The molecule has 2 heterocycles. The minimum absolute atomic E-state index is 0.318. The molecule has 6 heteroatoms. The average Bonchev–Trinajstić information content (AvgIpc) is 2.97. The van der Waals surface area contributed by atoms with Crippen molar-refractivity contribution in [3.05, 3.63) is 28.5 Å². The number of aliphatic hydroxyl groups is 1. The van der Waals surface area contributed by atoms with Gasteiger partial charge in [0.2, 0.25) is 0 Å². The van der Waals surface area contributed by atoms with Gasteiger partial charge in [0.25, 0.3) is 0 Å². The number of carbonyl (C=O) groups excluding carboxylic acids is 1. The molecular weight excluding hydrogens is 326 g/mol. The number of likely N-dealkylation sites (tertiary alicyclic amines) is 1. The van der Waals surface area contributed by atoms with E-state index in [1.54, 1.807) is 4.90 Å². The summed E-state index contributed by atoms with van der Waals surface area (Å²) in [5.74, 6) is 0.628. The standard InChI is InChI=1S/C18H27NO4S/c1-6-22-13(2)14-7-8-15(24-14)18(21)9-11-19(12-10-18)16(20)23-17(3,4)5/h7-8,21H,2,6,9-12H2,1,3-5H3. The van der Waals surface area contributed by atoms with Crippen molar-refractivity contribution in [3.8, 4) is 0 Å². The summed E-state index contributed by atoms with van der Waals surface area (Å²) in [5.41, 5.74) is -1.42. The molecular formula is C18H27NO4S. The van der Waals surface area contributed by atoms with Crippen molar-refractivity contribution in [3.63, 3.8) is 0 Å². The first-order valence-electron chi connectivity index (χ1n) is 8.27. The number of thiophene rings is 1. The zero-order valence-electron chi connectivity index (χ0n) is 14.9. The lowest BCUT2D eigenvalue weighted by atomic mass is 9.90. The molecule has 1 aliphatic heterocycles. The van der Waals surface area contributed by atoms with Crippen LogP contribution in [0.3, 0.4) is 0 Å². The summed E-state index contributed by atoms with van der Waals surface area (Å²) in [6, 6.07) is 3.85. The molecule has 1 aromatic rings. The van der Waals surface area contributed by atoms with E-state index >= 15 is 0 Å². The van der Waals surface area contributed by atoms with Gasteiger partial charge in [0.15, 0.2) is 0 Å². The predicted molar refractivity (Wildman–Crippen MR) is 95.9 cm³/mol. The van der Waals surface area contributed by atoms with Gasteiger partial charge in [-0.2, -0.15) is 0 Å². The van der Waals surface area contributed by atoms with Gasteiger partial charge in [-0.15, -0.1) is 11.3 Å². The third-order valence-electron chi connectivity index (χ3n) is 3.90. The van der Waals surface area contributed by atoms with Crippen molar-refractivity contribution in [1.82, 2.24) is 4.90 Å². The van der Waals surface area contributed by atoms with E-state index in [1.807, 2.05) is 39.8 Å². The van der Waals surface area contributed by atoms with Crippen LogP contribution in [0.15, 0.2) is 18.7 Å². The van der Waals surface area contributed by atoms with Crippen LogP contribution < -0.4 is 0 Å². The molecule has 0 aromatic carbocycles. The highest BCUT2D eigenvalue weighted by atomic mass is 32.1. The Bertz CT molecular complexity index is 594. The summed E-state index contributed by atoms with van der Waals surface area (Å²) in [7, 11) is 0. The normalized spacial score (nSPS) is 17.5. The van der Waals surface area contributed by atoms with Gasteiger partial charge in [-0.1, -0.05) is 6.58 Å². The fourth-order valence-electron chi connectivity index (χ4n) is 2.62. The maximum Gasteiger partial charge on any atom is 0.410 e. The van der Waals surface area contributed by atoms with Crippen LogP contribution in [0.1, 0.15) is 50.3 Å². The highest BCUT2D eigenvalue weighted by Gasteiger charge is 2.37. The molecule has 0 bridgehead atoms. The predicted octanol–water partition coefficient (Wildman–Crippen LogP) is 3.97. The van der Waals surface area contributed by atoms with Crippen molar-refractivity contribution in [2.45, 2.75) is 51.7 Å². The van der Waals surface area contributed by atoms with Crippen molar-refractivity contribution in [1.29, 1.82) is 0 Å². The summed E-state index contributed by atoms with van der Waals surface area (Å²) in [5, 5.41) is 11.0. The fourth-order valence-corrected chi connectivity index (χ4v) is 3.69. The van der Waals surface area contributed by atoms with E-state index in [0.29, 0.717) is 38.3 Å². The molecule has 1 fully saturated rings. The molecule has 0 aliphatic carbocycles. The molecule has 0 atom stereocenters. The van der Waals surface area contributed by atoms with Crippen LogP contribution in [0, 0.1) is 0 Å². The Morgan fingerprint density at radius 2 is 2.00 bits per heavy atom. The smallest absolute Gasteiger partial charge is 0.410 e. The van der Waals surface area contributed by atoms with Gasteiger partial charge in [0, 0.05) is 18.0 Å². The van der Waals surface area contributed by atoms with E-state index in [-0.39, 0.29) is 6.09 Å². The van der Waals surface area contributed by atoms with Crippen molar-refractivity contribution in [2.24, 2.45) is 0 Å². The van der Waals surface area contributed by atoms with Crippen molar-refractivity contribution < 1.29 is 19.4 Å². The SMILES string of the molecule is C=C(OCC)c1ccc(C2(O)CCN(C(=O)OC(C)(C)C)CC2)s1. The fraction of sp³-hybridized carbons (Fsp3) is 0.611. The van der Waals surface area contributed by atoms with Crippen LogP contribution in [0.25, 0.3) is 5.76 Å². The summed E-state index contributed by atoms with van der Waals surface area (Å²) in [4.78, 5) is 15.6. The molecule has 1 saturated heterocycles. The first-order valence-corrected chi connectivity index (χ1v) is 9.09. The first kappa shape index (κ1) is 18.8. The molecule has 0 unspecified atom stereocenters. The molecule has 1 aromatic heterocycles. The van der Waals surface area contributed by atoms with Crippen molar-refractivity contribution >= 4 is 23.2 Å². The number of amides is 1. The molecule has 1 N–H and O–H groups in total. The Balaban J connectivity index is 1.99. The van der Waals surface area contributed by atoms with Crippen molar-refractivity contribution in [2.75, 3.05) is 19.7 Å². The van der Waals surface area contributed by atoms with Crippen LogP contribution >= 0.6 is 11.3 Å². The molecule has 24 heavy (non-hydrogen) atoms. The zero-order valence-corrected chi connectivity index (χ0v) is 15.7. The molecule has 0 radical (unpaired) electrons. The zero-order chi connectivity index (χ0) is 18.0. The Hall–Kier alpha value is -1.53. The van der Waals surface area contributed by atoms with Crippen LogP contribution in [-0.2, 0) is 15.1 Å². The van der Waals surface area contributed by atoms with E-state index in [4.69, 9.17) is 9.47 Å². The quantitative estimate of drug-likeness (QED) is 0.832.